The number of rotatable bonds is 9. The Labute approximate surface area is 180 Å². The molecule has 2 aromatic heterocycles. The molecule has 30 heavy (non-hydrogen) atoms. The molecule has 2 heterocycles. The minimum absolute atomic E-state index is 0.0568. The Kier molecular flexibility index (Phi) is 6.77. The van der Waals surface area contributed by atoms with Crippen molar-refractivity contribution in [3.63, 3.8) is 0 Å². The summed E-state index contributed by atoms with van der Waals surface area (Å²) in [5.41, 5.74) is 9.16. The third kappa shape index (κ3) is 4.64. The van der Waals surface area contributed by atoms with E-state index >= 15 is 0 Å². The number of Topliss-reactive ketones (excluding diaryl/α,β-unsaturated/α-hetero) is 1. The highest BCUT2D eigenvalue weighted by molar-refractivity contribution is 7.99. The largest absolute Gasteiger partial charge is 0.370 e. The lowest BCUT2D eigenvalue weighted by molar-refractivity contribution is -0.118. The van der Waals surface area contributed by atoms with Crippen molar-refractivity contribution in [2.75, 3.05) is 5.75 Å². The van der Waals surface area contributed by atoms with Crippen molar-refractivity contribution >= 4 is 23.5 Å². The first-order valence-electron chi connectivity index (χ1n) is 9.85. The van der Waals surface area contributed by atoms with Crippen molar-refractivity contribution < 1.29 is 9.59 Å². The van der Waals surface area contributed by atoms with Crippen LogP contribution in [0, 0.1) is 13.8 Å². The van der Waals surface area contributed by atoms with E-state index in [1.165, 1.54) is 17.3 Å². The van der Waals surface area contributed by atoms with Gasteiger partial charge in [0.2, 0.25) is 5.91 Å². The summed E-state index contributed by atoms with van der Waals surface area (Å²) in [6, 6.07) is 12.4. The second kappa shape index (κ2) is 9.30. The normalized spacial score (nSPS) is 12.1. The second-order valence-electron chi connectivity index (χ2n) is 7.38. The van der Waals surface area contributed by atoms with Crippen molar-refractivity contribution in [1.82, 2.24) is 19.3 Å². The number of ketones is 1. The van der Waals surface area contributed by atoms with Gasteiger partial charge >= 0.3 is 0 Å². The third-order valence-electron chi connectivity index (χ3n) is 5.31. The molecule has 0 aliphatic heterocycles. The summed E-state index contributed by atoms with van der Waals surface area (Å²) in [4.78, 5) is 23.9. The van der Waals surface area contributed by atoms with Gasteiger partial charge in [0, 0.05) is 36.8 Å². The van der Waals surface area contributed by atoms with Crippen LogP contribution < -0.4 is 5.73 Å². The monoisotopic (exact) mass is 425 g/mol. The predicted octanol–water partition coefficient (Wildman–Crippen LogP) is 3.24. The van der Waals surface area contributed by atoms with Crippen molar-refractivity contribution in [3.05, 3.63) is 64.7 Å². The number of hydrogen-bond acceptors (Lipinski definition) is 5. The van der Waals surface area contributed by atoms with Crippen LogP contribution in [0.15, 0.2) is 41.6 Å². The summed E-state index contributed by atoms with van der Waals surface area (Å²) in [7, 11) is 1.83. The van der Waals surface area contributed by atoms with E-state index < -0.39 is 0 Å². The standard InChI is InChI=1S/C22H27N5O2S/c1-14-12-18(16(3)27(14)15(2)17-8-6-5-7-9-17)19(28)13-30-22-25-24-21(26(22)4)11-10-20(23)29/h5-9,12,15H,10-11,13H2,1-4H3,(H2,23,29)/t15-/m1/s1. The molecule has 0 bridgehead atoms. The molecule has 0 spiro atoms. The molecule has 3 rings (SSSR count). The summed E-state index contributed by atoms with van der Waals surface area (Å²) in [5, 5.41) is 8.89. The van der Waals surface area contributed by atoms with Gasteiger partial charge in [-0.3, -0.25) is 9.59 Å². The van der Waals surface area contributed by atoms with Gasteiger partial charge in [0.1, 0.15) is 5.82 Å². The number of aryl methyl sites for hydroxylation is 2. The number of amides is 1. The van der Waals surface area contributed by atoms with E-state index in [1.807, 2.05) is 49.7 Å². The summed E-state index contributed by atoms with van der Waals surface area (Å²) in [6.45, 7) is 6.17. The summed E-state index contributed by atoms with van der Waals surface area (Å²) < 4.78 is 4.01. The van der Waals surface area contributed by atoms with Gasteiger partial charge in [-0.05, 0) is 32.4 Å². The summed E-state index contributed by atoms with van der Waals surface area (Å²) >= 11 is 1.35. The molecule has 158 valence electrons. The lowest BCUT2D eigenvalue weighted by Crippen LogP contribution is -2.13. The van der Waals surface area contributed by atoms with Gasteiger partial charge < -0.3 is 14.9 Å². The Hall–Kier alpha value is -2.87. The average Bonchev–Trinajstić information content (AvgIpc) is 3.23. The smallest absolute Gasteiger partial charge is 0.217 e. The minimum Gasteiger partial charge on any atom is -0.370 e. The number of primary amides is 1. The third-order valence-corrected chi connectivity index (χ3v) is 6.33. The Morgan fingerprint density at radius 2 is 1.87 bits per heavy atom. The van der Waals surface area contributed by atoms with Gasteiger partial charge in [-0.25, -0.2) is 0 Å². The molecule has 0 unspecified atom stereocenters. The van der Waals surface area contributed by atoms with Gasteiger partial charge in [0.05, 0.1) is 11.8 Å². The quantitative estimate of drug-likeness (QED) is 0.419. The maximum atomic E-state index is 12.9. The van der Waals surface area contributed by atoms with E-state index in [4.69, 9.17) is 5.73 Å². The highest BCUT2D eigenvalue weighted by atomic mass is 32.2. The van der Waals surface area contributed by atoms with Crippen molar-refractivity contribution in [1.29, 1.82) is 0 Å². The predicted molar refractivity (Wildman–Crippen MR) is 118 cm³/mol. The number of nitrogens with zero attached hydrogens (tertiary/aromatic N) is 4. The number of aromatic nitrogens is 4. The Morgan fingerprint density at radius 3 is 2.53 bits per heavy atom. The van der Waals surface area contributed by atoms with Gasteiger partial charge in [-0.2, -0.15) is 0 Å². The van der Waals surface area contributed by atoms with Crippen LogP contribution >= 0.6 is 11.8 Å². The molecular weight excluding hydrogens is 398 g/mol. The molecule has 0 saturated carbocycles. The first kappa shape index (κ1) is 21.8. The first-order valence-corrected chi connectivity index (χ1v) is 10.8. The van der Waals surface area contributed by atoms with Gasteiger partial charge in [-0.1, -0.05) is 42.1 Å². The highest BCUT2D eigenvalue weighted by Crippen LogP contribution is 2.27. The van der Waals surface area contributed by atoms with E-state index in [2.05, 4.69) is 33.8 Å². The number of hydrogen-bond donors (Lipinski definition) is 1. The number of carbonyl (C=O) groups is 2. The van der Waals surface area contributed by atoms with Crippen molar-refractivity contribution in [2.45, 2.75) is 44.8 Å². The Balaban J connectivity index is 1.72. The van der Waals surface area contributed by atoms with Gasteiger partial charge in [0.25, 0.3) is 0 Å². The zero-order chi connectivity index (χ0) is 21.8. The molecular formula is C22H27N5O2S. The fraction of sp³-hybridized carbons (Fsp3) is 0.364. The average molecular weight is 426 g/mol. The minimum atomic E-state index is -0.373. The van der Waals surface area contributed by atoms with E-state index in [9.17, 15) is 9.59 Å². The summed E-state index contributed by atoms with van der Waals surface area (Å²) in [6.07, 6.45) is 0.660. The number of benzene rings is 1. The van der Waals surface area contributed by atoms with Crippen LogP contribution in [-0.4, -0.2) is 36.8 Å². The number of carbonyl (C=O) groups excluding carboxylic acids is 2. The molecule has 0 saturated heterocycles. The van der Waals surface area contributed by atoms with Crippen LogP contribution in [0.3, 0.4) is 0 Å². The lowest BCUT2D eigenvalue weighted by Gasteiger charge is -2.19. The molecule has 0 fully saturated rings. The Bertz CT molecular complexity index is 1060. The van der Waals surface area contributed by atoms with Crippen LogP contribution in [0.2, 0.25) is 0 Å². The van der Waals surface area contributed by atoms with E-state index in [0.717, 1.165) is 17.0 Å². The molecule has 0 aliphatic carbocycles. The number of thioether (sulfide) groups is 1. The summed E-state index contributed by atoms with van der Waals surface area (Å²) in [5.74, 6) is 0.633. The van der Waals surface area contributed by atoms with Crippen LogP contribution in [0.25, 0.3) is 0 Å². The molecule has 8 heteroatoms. The molecule has 7 nitrogen and oxygen atoms in total. The van der Waals surface area contributed by atoms with E-state index in [1.54, 1.807) is 0 Å². The Morgan fingerprint density at radius 1 is 1.17 bits per heavy atom. The SMILES string of the molecule is Cc1cc(C(=O)CSc2nnc(CCC(N)=O)n2C)c(C)n1[C@H](C)c1ccccc1. The molecule has 0 radical (unpaired) electrons. The zero-order valence-electron chi connectivity index (χ0n) is 17.8. The van der Waals surface area contributed by atoms with Crippen LogP contribution in [-0.2, 0) is 18.3 Å². The molecule has 1 atom stereocenters. The maximum absolute atomic E-state index is 12.9. The lowest BCUT2D eigenvalue weighted by atomic mass is 10.1. The zero-order valence-corrected chi connectivity index (χ0v) is 18.6. The van der Waals surface area contributed by atoms with Crippen LogP contribution in [0.4, 0.5) is 0 Å². The van der Waals surface area contributed by atoms with Gasteiger partial charge in [-0.15, -0.1) is 10.2 Å². The number of nitrogens with two attached hydrogens (primary N) is 1. The van der Waals surface area contributed by atoms with Crippen molar-refractivity contribution in [3.8, 4) is 0 Å². The van der Waals surface area contributed by atoms with E-state index in [0.29, 0.717) is 17.4 Å². The van der Waals surface area contributed by atoms with Gasteiger partial charge in [0.15, 0.2) is 10.9 Å². The molecule has 1 amide bonds. The molecule has 3 aromatic rings. The molecule has 1 aromatic carbocycles. The maximum Gasteiger partial charge on any atom is 0.217 e. The first-order chi connectivity index (χ1) is 14.3. The second-order valence-corrected chi connectivity index (χ2v) is 8.32. The fourth-order valence-electron chi connectivity index (χ4n) is 3.67. The van der Waals surface area contributed by atoms with E-state index in [-0.39, 0.29) is 29.9 Å². The molecule has 2 N–H and O–H groups in total. The topological polar surface area (TPSA) is 95.8 Å². The highest BCUT2D eigenvalue weighted by Gasteiger charge is 2.20. The van der Waals surface area contributed by atoms with Crippen LogP contribution in [0.5, 0.6) is 0 Å². The van der Waals surface area contributed by atoms with Crippen molar-refractivity contribution in [2.24, 2.45) is 12.8 Å². The van der Waals surface area contributed by atoms with Crippen LogP contribution in [0.1, 0.15) is 52.5 Å². The fourth-order valence-corrected chi connectivity index (χ4v) is 4.48. The molecule has 0 aliphatic rings.